The number of urea groups is 1. The van der Waals surface area contributed by atoms with E-state index in [9.17, 15) is 18.0 Å². The second kappa shape index (κ2) is 20.2. The average molecular weight is 820 g/mol. The van der Waals surface area contributed by atoms with E-state index >= 15 is 4.39 Å². The zero-order chi connectivity index (χ0) is 41.8. The van der Waals surface area contributed by atoms with E-state index in [1.165, 1.54) is 12.4 Å². The van der Waals surface area contributed by atoms with Gasteiger partial charge in [0.25, 0.3) is 5.88 Å². The topological polar surface area (TPSA) is 143 Å². The van der Waals surface area contributed by atoms with Crippen LogP contribution in [0.15, 0.2) is 85.2 Å². The van der Waals surface area contributed by atoms with E-state index in [0.29, 0.717) is 68.2 Å². The Morgan fingerprint density at radius 3 is 2.25 bits per heavy atom. The number of halogens is 4. The van der Waals surface area contributed by atoms with E-state index in [1.807, 2.05) is 59.5 Å². The van der Waals surface area contributed by atoms with E-state index in [2.05, 4.69) is 25.6 Å². The van der Waals surface area contributed by atoms with Crippen LogP contribution >= 0.6 is 0 Å². The highest BCUT2D eigenvalue weighted by Crippen LogP contribution is 2.36. The number of aliphatic hydroxyl groups is 1. The van der Waals surface area contributed by atoms with E-state index in [1.54, 1.807) is 25.0 Å². The molecule has 59 heavy (non-hydrogen) atoms. The number of pyridine rings is 1. The molecule has 2 amide bonds. The molecule has 5 aromatic rings. The van der Waals surface area contributed by atoms with Crippen molar-refractivity contribution in [1.29, 1.82) is 0 Å². The summed E-state index contributed by atoms with van der Waals surface area (Å²) in [5, 5.41) is 13.8. The zero-order valence-corrected chi connectivity index (χ0v) is 32.6. The third-order valence-electron chi connectivity index (χ3n) is 9.46. The third kappa shape index (κ3) is 12.1. The Labute approximate surface area is 338 Å². The lowest BCUT2D eigenvalue weighted by Crippen LogP contribution is -2.46. The van der Waals surface area contributed by atoms with Gasteiger partial charge >= 0.3 is 12.2 Å². The standard InChI is InChI=1S/C42H45F4N7O6/c1-28-37(51-41(55)50-36-22-34(42(44,45)46)32(20-35(36)43)25-53-14-12-52(13-15-53)16-17-54)24-47-39(49-28)31-21-38(58-19-18-57-26-29-6-4-3-5-7-29)40(48-23-31)59-27-30-8-10-33(56-2)11-9-30/h3-11,20-24,54H,12-19,25-27H2,1-2H3,(H2,50,51,55). The highest BCUT2D eigenvalue weighted by molar-refractivity contribution is 6.00. The van der Waals surface area contributed by atoms with Crippen LogP contribution < -0.4 is 24.8 Å². The van der Waals surface area contributed by atoms with Gasteiger partial charge in [0, 0.05) is 51.0 Å². The van der Waals surface area contributed by atoms with E-state index in [0.717, 1.165) is 17.2 Å². The van der Waals surface area contributed by atoms with Gasteiger partial charge in [-0.25, -0.2) is 24.1 Å². The SMILES string of the molecule is COc1ccc(COc2ncc(-c3ncc(NC(=O)Nc4cc(C(F)(F)F)c(CN5CCN(CCO)CC5)cc4F)c(C)n3)cc2OCCOCc2ccccc2)cc1. The third-order valence-corrected chi connectivity index (χ3v) is 9.46. The van der Waals surface area contributed by atoms with Crippen LogP contribution in [0.3, 0.4) is 0 Å². The molecule has 0 radical (unpaired) electrons. The number of rotatable bonds is 17. The predicted octanol–water partition coefficient (Wildman–Crippen LogP) is 6.94. The fourth-order valence-corrected chi connectivity index (χ4v) is 6.28. The average Bonchev–Trinajstić information content (AvgIpc) is 3.23. The maximum absolute atomic E-state index is 15.2. The van der Waals surface area contributed by atoms with Gasteiger partial charge in [-0.1, -0.05) is 42.5 Å². The molecule has 1 fully saturated rings. The summed E-state index contributed by atoms with van der Waals surface area (Å²) < 4.78 is 80.8. The molecule has 0 aliphatic carbocycles. The first kappa shape index (κ1) is 42.7. The molecule has 6 rings (SSSR count). The largest absolute Gasteiger partial charge is 0.497 e. The molecule has 3 aromatic carbocycles. The highest BCUT2D eigenvalue weighted by Gasteiger charge is 2.35. The van der Waals surface area contributed by atoms with Gasteiger partial charge in [-0.3, -0.25) is 9.80 Å². The number of aromatic nitrogens is 3. The maximum atomic E-state index is 15.2. The molecule has 1 aliphatic rings. The van der Waals surface area contributed by atoms with Gasteiger partial charge in [0.15, 0.2) is 11.6 Å². The molecule has 0 spiro atoms. The van der Waals surface area contributed by atoms with Crippen LogP contribution in [-0.4, -0.2) is 95.5 Å². The van der Waals surface area contributed by atoms with Crippen molar-refractivity contribution in [3.8, 4) is 28.8 Å². The number of nitrogens with zero attached hydrogens (tertiary/aromatic N) is 5. The van der Waals surface area contributed by atoms with Crippen LogP contribution in [-0.2, 0) is 30.7 Å². The number of ether oxygens (including phenoxy) is 4. The van der Waals surface area contributed by atoms with Crippen LogP contribution in [0.2, 0.25) is 0 Å². The number of carbonyl (C=O) groups excluding carboxylic acids is 1. The molecule has 17 heteroatoms. The fourth-order valence-electron chi connectivity index (χ4n) is 6.28. The highest BCUT2D eigenvalue weighted by atomic mass is 19.4. The van der Waals surface area contributed by atoms with Gasteiger partial charge in [-0.05, 0) is 53.9 Å². The second-order valence-corrected chi connectivity index (χ2v) is 13.7. The Balaban J connectivity index is 1.12. The van der Waals surface area contributed by atoms with Gasteiger partial charge in [0.05, 0.1) is 55.8 Å². The number of nitrogens with one attached hydrogen (secondary N) is 2. The van der Waals surface area contributed by atoms with Crippen LogP contribution in [0.5, 0.6) is 17.4 Å². The summed E-state index contributed by atoms with van der Waals surface area (Å²) >= 11 is 0. The lowest BCUT2D eigenvalue weighted by molar-refractivity contribution is -0.138. The summed E-state index contributed by atoms with van der Waals surface area (Å²) in [6.45, 7) is 5.09. The van der Waals surface area contributed by atoms with Gasteiger partial charge < -0.3 is 34.7 Å². The maximum Gasteiger partial charge on any atom is 0.416 e. The van der Waals surface area contributed by atoms with Crippen molar-refractivity contribution in [2.24, 2.45) is 0 Å². The van der Waals surface area contributed by atoms with Crippen LogP contribution in [0.1, 0.15) is 27.9 Å². The molecule has 13 nitrogen and oxygen atoms in total. The number of carbonyl (C=O) groups is 1. The van der Waals surface area contributed by atoms with Gasteiger partial charge in [0.1, 0.15) is 24.8 Å². The first-order chi connectivity index (χ1) is 28.5. The Hall–Kier alpha value is -5.88. The Morgan fingerprint density at radius 2 is 1.56 bits per heavy atom. The van der Waals surface area contributed by atoms with Gasteiger partial charge in [-0.15, -0.1) is 0 Å². The number of hydrogen-bond donors (Lipinski definition) is 3. The number of benzene rings is 3. The number of β-amino-alcohol motifs (C(OH)–C–C–N with tert-alkyl or cyclic N) is 1. The minimum absolute atomic E-state index is 0.0105. The number of alkyl halides is 3. The van der Waals surface area contributed by atoms with Crippen LogP contribution in [0.25, 0.3) is 11.4 Å². The summed E-state index contributed by atoms with van der Waals surface area (Å²) in [7, 11) is 1.59. The molecule has 0 unspecified atom stereocenters. The first-order valence-corrected chi connectivity index (χ1v) is 18.9. The summed E-state index contributed by atoms with van der Waals surface area (Å²) in [6, 6.07) is 19.2. The van der Waals surface area contributed by atoms with E-state index in [4.69, 9.17) is 24.1 Å². The van der Waals surface area contributed by atoms with E-state index in [-0.39, 0.29) is 55.9 Å². The van der Waals surface area contributed by atoms with Crippen molar-refractivity contribution < 1.29 is 46.4 Å². The number of hydrogen-bond acceptors (Lipinski definition) is 11. The summed E-state index contributed by atoms with van der Waals surface area (Å²) in [5.74, 6) is 0.470. The lowest BCUT2D eigenvalue weighted by atomic mass is 10.0. The number of anilines is 2. The van der Waals surface area contributed by atoms with Crippen molar-refractivity contribution in [2.75, 3.05) is 70.3 Å². The van der Waals surface area contributed by atoms with Gasteiger partial charge in [0.2, 0.25) is 0 Å². The van der Waals surface area contributed by atoms with Crippen molar-refractivity contribution in [3.63, 3.8) is 0 Å². The number of aryl methyl sites for hydroxylation is 1. The van der Waals surface area contributed by atoms with Crippen molar-refractivity contribution in [1.82, 2.24) is 24.8 Å². The van der Waals surface area contributed by atoms with Crippen LogP contribution in [0, 0.1) is 12.7 Å². The smallest absolute Gasteiger partial charge is 0.416 e. The molecule has 1 aliphatic heterocycles. The second-order valence-electron chi connectivity index (χ2n) is 13.7. The lowest BCUT2D eigenvalue weighted by Gasteiger charge is -2.34. The minimum Gasteiger partial charge on any atom is -0.497 e. The molecule has 2 aromatic heterocycles. The Kier molecular flexibility index (Phi) is 14.6. The fraction of sp³-hybridized carbons (Fsp3) is 0.333. The quantitative estimate of drug-likeness (QED) is 0.0663. The molecular weight excluding hydrogens is 774 g/mol. The molecule has 3 N–H and O–H groups in total. The molecule has 0 atom stereocenters. The summed E-state index contributed by atoms with van der Waals surface area (Å²) in [6.07, 6.45) is -1.96. The van der Waals surface area contributed by atoms with Crippen molar-refractivity contribution >= 4 is 17.4 Å². The van der Waals surface area contributed by atoms with Gasteiger partial charge in [-0.2, -0.15) is 13.2 Å². The molecular formula is C42H45F4N7O6. The Morgan fingerprint density at radius 1 is 0.847 bits per heavy atom. The molecule has 1 saturated heterocycles. The minimum atomic E-state index is -4.80. The number of piperazine rings is 1. The normalized spacial score (nSPS) is 13.5. The first-order valence-electron chi connectivity index (χ1n) is 18.9. The van der Waals surface area contributed by atoms with Crippen molar-refractivity contribution in [3.05, 3.63) is 119 Å². The molecule has 0 bridgehead atoms. The number of aliphatic hydroxyl groups excluding tert-OH is 1. The molecule has 312 valence electrons. The molecule has 3 heterocycles. The van der Waals surface area contributed by atoms with E-state index < -0.39 is 29.3 Å². The molecule has 0 saturated carbocycles. The van der Waals surface area contributed by atoms with Crippen LogP contribution in [0.4, 0.5) is 33.7 Å². The zero-order valence-electron chi connectivity index (χ0n) is 32.6. The predicted molar refractivity (Wildman–Crippen MR) is 212 cm³/mol. The number of amides is 2. The Bertz CT molecular complexity index is 2150. The number of methoxy groups -OCH3 is 1. The summed E-state index contributed by atoms with van der Waals surface area (Å²) in [4.78, 5) is 30.1. The summed E-state index contributed by atoms with van der Waals surface area (Å²) in [5.41, 5.74) is 0.885. The van der Waals surface area contributed by atoms with Crippen molar-refractivity contribution in [2.45, 2.75) is 32.9 Å². The monoisotopic (exact) mass is 819 g/mol.